The van der Waals surface area contributed by atoms with Crippen molar-refractivity contribution >= 4 is 27.6 Å². The number of hydrogen-bond acceptors (Lipinski definition) is 3. The molecule has 2 heterocycles. The van der Waals surface area contributed by atoms with E-state index in [1.165, 1.54) is 0 Å². The van der Waals surface area contributed by atoms with E-state index in [1.807, 2.05) is 18.2 Å². The van der Waals surface area contributed by atoms with Crippen LogP contribution < -0.4 is 10.6 Å². The zero-order valence-electron chi connectivity index (χ0n) is 9.82. The van der Waals surface area contributed by atoms with E-state index in [0.29, 0.717) is 0 Å². The fourth-order valence-electron chi connectivity index (χ4n) is 3.08. The van der Waals surface area contributed by atoms with E-state index < -0.39 is 11.9 Å². The molecule has 0 saturated carbocycles. The van der Waals surface area contributed by atoms with Gasteiger partial charge in [0.05, 0.1) is 5.92 Å². The summed E-state index contributed by atoms with van der Waals surface area (Å²) in [6, 6.07) is 6.06. The molecule has 0 aliphatic carbocycles. The third-order valence-electron chi connectivity index (χ3n) is 3.91. The topological polar surface area (TPSA) is 61.4 Å². The van der Waals surface area contributed by atoms with Crippen LogP contribution in [-0.2, 0) is 4.79 Å². The number of benzene rings is 1. The predicted molar refractivity (Wildman–Crippen MR) is 72.9 cm³/mol. The second-order valence-electron chi connectivity index (χ2n) is 4.95. The summed E-state index contributed by atoms with van der Waals surface area (Å²) in [5.41, 5.74) is 1.86. The first kappa shape index (κ1) is 12.0. The quantitative estimate of drug-likeness (QED) is 0.742. The number of carboxylic acid groups (broad SMARTS) is 1. The Morgan fingerprint density at radius 1 is 1.44 bits per heavy atom. The van der Waals surface area contributed by atoms with Gasteiger partial charge in [0.15, 0.2) is 0 Å². The Labute approximate surface area is 114 Å². The molecular weight excluding hydrogens is 296 g/mol. The molecule has 1 aromatic rings. The van der Waals surface area contributed by atoms with Crippen LogP contribution in [0.4, 0.5) is 5.69 Å². The van der Waals surface area contributed by atoms with E-state index in [0.717, 1.165) is 35.2 Å². The van der Waals surface area contributed by atoms with Gasteiger partial charge in [0.1, 0.15) is 0 Å². The second-order valence-corrected chi connectivity index (χ2v) is 5.87. The molecule has 0 spiro atoms. The van der Waals surface area contributed by atoms with Crippen LogP contribution in [-0.4, -0.2) is 30.2 Å². The summed E-state index contributed by atoms with van der Waals surface area (Å²) in [5, 5.41) is 16.3. The molecule has 3 unspecified atom stereocenters. The second kappa shape index (κ2) is 4.55. The minimum Gasteiger partial charge on any atom is -0.481 e. The average Bonchev–Trinajstić information content (AvgIpc) is 2.35. The van der Waals surface area contributed by atoms with Crippen molar-refractivity contribution in [2.24, 2.45) is 5.92 Å². The molecular formula is C13H15BrN2O2. The highest BCUT2D eigenvalue weighted by Gasteiger charge is 2.41. The van der Waals surface area contributed by atoms with Crippen LogP contribution in [0.2, 0.25) is 0 Å². The van der Waals surface area contributed by atoms with E-state index in [4.69, 9.17) is 0 Å². The van der Waals surface area contributed by atoms with E-state index in [-0.39, 0.29) is 12.0 Å². The molecule has 3 rings (SSSR count). The summed E-state index contributed by atoms with van der Waals surface area (Å²) in [4.78, 5) is 11.6. The van der Waals surface area contributed by atoms with Gasteiger partial charge in [-0.25, -0.2) is 0 Å². The number of fused-ring (bicyclic) bond motifs is 2. The Hall–Kier alpha value is -1.07. The normalized spacial score (nSPS) is 29.9. The molecule has 2 aliphatic heterocycles. The number of nitrogens with one attached hydrogen (secondary N) is 2. The molecule has 1 fully saturated rings. The fourth-order valence-corrected chi connectivity index (χ4v) is 3.44. The van der Waals surface area contributed by atoms with Crippen molar-refractivity contribution in [1.29, 1.82) is 0 Å². The summed E-state index contributed by atoms with van der Waals surface area (Å²) in [6.45, 7) is 1.72. The molecule has 0 amide bonds. The van der Waals surface area contributed by atoms with E-state index >= 15 is 0 Å². The van der Waals surface area contributed by atoms with Crippen molar-refractivity contribution in [3.05, 3.63) is 28.2 Å². The van der Waals surface area contributed by atoms with E-state index in [1.54, 1.807) is 0 Å². The Bertz CT molecular complexity index is 492. The van der Waals surface area contributed by atoms with Gasteiger partial charge >= 0.3 is 5.97 Å². The van der Waals surface area contributed by atoms with Gasteiger partial charge in [-0.2, -0.15) is 0 Å². The molecule has 18 heavy (non-hydrogen) atoms. The third-order valence-corrected chi connectivity index (χ3v) is 4.41. The number of carbonyl (C=O) groups is 1. The number of piperidine rings is 1. The zero-order valence-corrected chi connectivity index (χ0v) is 11.4. The molecule has 3 N–H and O–H groups in total. The Kier molecular flexibility index (Phi) is 3.03. The monoisotopic (exact) mass is 310 g/mol. The standard InChI is InChI=1S/C13H15BrN2O2/c14-7-1-2-8-11(5-7)16-10-3-4-15-6-9(10)12(8)13(17)18/h1-2,5,9-10,12,15-16H,3-4,6H2,(H,17,18). The molecule has 0 bridgehead atoms. The van der Waals surface area contributed by atoms with E-state index in [2.05, 4.69) is 26.6 Å². The lowest BCUT2D eigenvalue weighted by atomic mass is 9.75. The highest BCUT2D eigenvalue weighted by Crippen LogP contribution is 2.41. The van der Waals surface area contributed by atoms with Gasteiger partial charge in [-0.1, -0.05) is 22.0 Å². The number of carboxylic acids is 1. The van der Waals surface area contributed by atoms with Crippen LogP contribution in [0, 0.1) is 5.92 Å². The first-order valence-electron chi connectivity index (χ1n) is 6.16. The minimum atomic E-state index is -0.723. The summed E-state index contributed by atoms with van der Waals surface area (Å²) >= 11 is 3.44. The largest absolute Gasteiger partial charge is 0.481 e. The van der Waals surface area contributed by atoms with Crippen LogP contribution in [0.5, 0.6) is 0 Å². The maximum absolute atomic E-state index is 11.6. The van der Waals surface area contributed by atoms with Crippen LogP contribution in [0.3, 0.4) is 0 Å². The van der Waals surface area contributed by atoms with Gasteiger partial charge in [-0.05, 0) is 30.7 Å². The molecule has 1 saturated heterocycles. The molecule has 3 atom stereocenters. The van der Waals surface area contributed by atoms with Crippen LogP contribution >= 0.6 is 15.9 Å². The highest BCUT2D eigenvalue weighted by atomic mass is 79.9. The lowest BCUT2D eigenvalue weighted by Crippen LogP contribution is -2.50. The molecule has 1 aromatic carbocycles. The lowest BCUT2D eigenvalue weighted by molar-refractivity contribution is -0.140. The Balaban J connectivity index is 2.06. The molecule has 2 aliphatic rings. The van der Waals surface area contributed by atoms with E-state index in [9.17, 15) is 9.90 Å². The SMILES string of the molecule is O=C(O)C1c2ccc(Br)cc2NC2CCNCC21. The summed E-state index contributed by atoms with van der Waals surface area (Å²) in [5.74, 6) is -1.00. The first-order valence-corrected chi connectivity index (χ1v) is 6.95. The van der Waals surface area contributed by atoms with Gasteiger partial charge in [-0.3, -0.25) is 4.79 Å². The highest BCUT2D eigenvalue weighted by molar-refractivity contribution is 9.10. The summed E-state index contributed by atoms with van der Waals surface area (Å²) in [7, 11) is 0. The molecule has 0 radical (unpaired) electrons. The van der Waals surface area contributed by atoms with Crippen molar-refractivity contribution in [3.63, 3.8) is 0 Å². The number of halogens is 1. The minimum absolute atomic E-state index is 0.130. The van der Waals surface area contributed by atoms with Gasteiger partial charge in [0.2, 0.25) is 0 Å². The molecule has 0 aromatic heterocycles. The van der Waals surface area contributed by atoms with Crippen molar-refractivity contribution in [2.75, 3.05) is 18.4 Å². The maximum Gasteiger partial charge on any atom is 0.311 e. The van der Waals surface area contributed by atoms with Gasteiger partial charge in [0, 0.05) is 28.7 Å². The molecule has 96 valence electrons. The Morgan fingerprint density at radius 3 is 3.06 bits per heavy atom. The number of anilines is 1. The van der Waals surface area contributed by atoms with Gasteiger partial charge in [-0.15, -0.1) is 0 Å². The van der Waals surface area contributed by atoms with Crippen LogP contribution in [0.25, 0.3) is 0 Å². The van der Waals surface area contributed by atoms with Crippen molar-refractivity contribution < 1.29 is 9.90 Å². The van der Waals surface area contributed by atoms with Crippen molar-refractivity contribution in [2.45, 2.75) is 18.4 Å². The summed E-state index contributed by atoms with van der Waals surface area (Å²) < 4.78 is 0.977. The number of aliphatic carboxylic acids is 1. The fraction of sp³-hybridized carbons (Fsp3) is 0.462. The average molecular weight is 311 g/mol. The molecule has 5 heteroatoms. The first-order chi connectivity index (χ1) is 8.66. The Morgan fingerprint density at radius 2 is 2.28 bits per heavy atom. The van der Waals surface area contributed by atoms with Crippen molar-refractivity contribution in [3.8, 4) is 0 Å². The summed E-state index contributed by atoms with van der Waals surface area (Å²) in [6.07, 6.45) is 0.973. The predicted octanol–water partition coefficient (Wildman–Crippen LogP) is 2.02. The lowest BCUT2D eigenvalue weighted by Gasteiger charge is -2.42. The number of rotatable bonds is 1. The van der Waals surface area contributed by atoms with Crippen LogP contribution in [0.15, 0.2) is 22.7 Å². The third kappa shape index (κ3) is 1.91. The van der Waals surface area contributed by atoms with Crippen molar-refractivity contribution in [1.82, 2.24) is 5.32 Å². The maximum atomic E-state index is 11.6. The smallest absolute Gasteiger partial charge is 0.311 e. The number of hydrogen-bond donors (Lipinski definition) is 3. The molecule has 4 nitrogen and oxygen atoms in total. The van der Waals surface area contributed by atoms with Gasteiger partial charge < -0.3 is 15.7 Å². The van der Waals surface area contributed by atoms with Gasteiger partial charge in [0.25, 0.3) is 0 Å². The zero-order chi connectivity index (χ0) is 12.7. The van der Waals surface area contributed by atoms with Crippen LogP contribution in [0.1, 0.15) is 17.9 Å².